The van der Waals surface area contributed by atoms with Crippen LogP contribution in [0.3, 0.4) is 0 Å². The maximum atomic E-state index is 12.8. The molecule has 13 heteroatoms. The number of aliphatic hydroxyl groups is 1. The van der Waals surface area contributed by atoms with Crippen molar-refractivity contribution in [3.63, 3.8) is 0 Å². The van der Waals surface area contributed by atoms with Crippen LogP contribution >= 0.6 is 0 Å². The van der Waals surface area contributed by atoms with Gasteiger partial charge < -0.3 is 42.1 Å². The first kappa shape index (κ1) is 27.3. The molecule has 0 saturated carbocycles. The first-order chi connectivity index (χ1) is 15.4. The van der Waals surface area contributed by atoms with Gasteiger partial charge in [-0.3, -0.25) is 19.2 Å². The molecule has 182 valence electrons. The second-order valence-electron chi connectivity index (χ2n) is 7.30. The number of aromatic hydroxyl groups is 1. The van der Waals surface area contributed by atoms with Crippen LogP contribution in [0.15, 0.2) is 24.3 Å². The van der Waals surface area contributed by atoms with Crippen LogP contribution in [0.1, 0.15) is 25.3 Å². The molecule has 3 amide bonds. The molecule has 0 aliphatic heterocycles. The highest BCUT2D eigenvalue weighted by molar-refractivity contribution is 5.94. The van der Waals surface area contributed by atoms with E-state index in [4.69, 9.17) is 10.8 Å². The molecule has 13 nitrogen and oxygen atoms in total. The summed E-state index contributed by atoms with van der Waals surface area (Å²) < 4.78 is 0. The van der Waals surface area contributed by atoms with Crippen LogP contribution < -0.4 is 21.7 Å². The molecule has 1 aromatic rings. The summed E-state index contributed by atoms with van der Waals surface area (Å²) in [6.07, 6.45) is -1.04. The van der Waals surface area contributed by atoms with Gasteiger partial charge in [0.1, 0.15) is 23.9 Å². The van der Waals surface area contributed by atoms with E-state index in [2.05, 4.69) is 16.0 Å². The van der Waals surface area contributed by atoms with Crippen LogP contribution in [-0.2, 0) is 30.4 Å². The second kappa shape index (κ2) is 13.0. The van der Waals surface area contributed by atoms with E-state index < -0.39 is 66.9 Å². The monoisotopic (exact) mass is 468 g/mol. The number of carboxylic acids is 2. The number of phenols is 1. The van der Waals surface area contributed by atoms with E-state index in [0.29, 0.717) is 5.56 Å². The summed E-state index contributed by atoms with van der Waals surface area (Å²) in [5, 5.41) is 43.7. The standard InChI is InChI=1S/C20H28N4O9/c1-10(21)17(29)24-15(9-25)19(31)23-14(8-11-2-4-12(26)5-3-11)18(30)22-13(20(32)33)6-7-16(27)28/h2-5,10,13-15,25-26H,6-9,21H2,1H3,(H,22,30)(H,23,31)(H,24,29)(H,27,28)(H,32,33). The number of amides is 3. The molecule has 0 heterocycles. The number of carbonyl (C=O) groups is 5. The normalized spacial score (nSPS) is 14.3. The number of nitrogens with one attached hydrogen (secondary N) is 3. The van der Waals surface area contributed by atoms with E-state index in [1.54, 1.807) is 0 Å². The van der Waals surface area contributed by atoms with Crippen LogP contribution in [0.4, 0.5) is 0 Å². The smallest absolute Gasteiger partial charge is 0.326 e. The molecule has 9 N–H and O–H groups in total. The predicted octanol–water partition coefficient (Wildman–Crippen LogP) is -2.32. The number of aliphatic carboxylic acids is 2. The molecule has 1 aromatic carbocycles. The van der Waals surface area contributed by atoms with Crippen LogP contribution in [0.2, 0.25) is 0 Å². The lowest BCUT2D eigenvalue weighted by Gasteiger charge is -2.24. The summed E-state index contributed by atoms with van der Waals surface area (Å²) in [5.41, 5.74) is 5.92. The molecular weight excluding hydrogens is 440 g/mol. The third kappa shape index (κ3) is 9.53. The lowest BCUT2D eigenvalue weighted by Crippen LogP contribution is -2.58. The number of hydrogen-bond acceptors (Lipinski definition) is 8. The fourth-order valence-electron chi connectivity index (χ4n) is 2.64. The van der Waals surface area contributed by atoms with Crippen molar-refractivity contribution in [1.82, 2.24) is 16.0 Å². The molecule has 0 aliphatic rings. The summed E-state index contributed by atoms with van der Waals surface area (Å²) in [4.78, 5) is 59.3. The zero-order valence-electron chi connectivity index (χ0n) is 17.9. The Morgan fingerprint density at radius 1 is 0.879 bits per heavy atom. The van der Waals surface area contributed by atoms with Gasteiger partial charge in [-0.15, -0.1) is 0 Å². The number of phenolic OH excluding ortho intramolecular Hbond substituents is 1. The fourth-order valence-corrected chi connectivity index (χ4v) is 2.64. The van der Waals surface area contributed by atoms with E-state index in [1.807, 2.05) is 0 Å². The second-order valence-corrected chi connectivity index (χ2v) is 7.30. The highest BCUT2D eigenvalue weighted by atomic mass is 16.4. The van der Waals surface area contributed by atoms with Gasteiger partial charge in [0.15, 0.2) is 0 Å². The predicted molar refractivity (Wildman–Crippen MR) is 113 cm³/mol. The Kier molecular flexibility index (Phi) is 10.7. The number of carbonyl (C=O) groups excluding carboxylic acids is 3. The van der Waals surface area contributed by atoms with E-state index in [0.717, 1.165) is 0 Å². The van der Waals surface area contributed by atoms with E-state index >= 15 is 0 Å². The minimum absolute atomic E-state index is 0.0395. The first-order valence-electron chi connectivity index (χ1n) is 9.94. The molecule has 0 aliphatic carbocycles. The molecule has 4 atom stereocenters. The SMILES string of the molecule is CC(N)C(=O)NC(CO)C(=O)NC(Cc1ccc(O)cc1)C(=O)NC(CCC(=O)O)C(=O)O. The molecule has 1 rings (SSSR count). The Labute approximate surface area is 189 Å². The van der Waals surface area contributed by atoms with Crippen molar-refractivity contribution in [3.8, 4) is 5.75 Å². The Bertz CT molecular complexity index is 858. The molecule has 0 fully saturated rings. The number of benzene rings is 1. The Morgan fingerprint density at radius 3 is 1.88 bits per heavy atom. The van der Waals surface area contributed by atoms with Crippen LogP contribution in [-0.4, -0.2) is 80.9 Å². The quantitative estimate of drug-likeness (QED) is 0.154. The molecule has 0 spiro atoms. The van der Waals surface area contributed by atoms with Gasteiger partial charge in [0.05, 0.1) is 12.6 Å². The number of nitrogens with two attached hydrogens (primary N) is 1. The van der Waals surface area contributed by atoms with Gasteiger partial charge in [-0.25, -0.2) is 4.79 Å². The van der Waals surface area contributed by atoms with Crippen molar-refractivity contribution in [1.29, 1.82) is 0 Å². The average molecular weight is 468 g/mol. The van der Waals surface area contributed by atoms with E-state index in [-0.39, 0.29) is 18.6 Å². The molecule has 0 bridgehead atoms. The van der Waals surface area contributed by atoms with Gasteiger partial charge in [-0.05, 0) is 31.0 Å². The summed E-state index contributed by atoms with van der Waals surface area (Å²) in [6.45, 7) is 0.570. The van der Waals surface area contributed by atoms with Crippen molar-refractivity contribution in [3.05, 3.63) is 29.8 Å². The zero-order valence-corrected chi connectivity index (χ0v) is 17.9. The highest BCUT2D eigenvalue weighted by Crippen LogP contribution is 2.12. The fraction of sp³-hybridized carbons (Fsp3) is 0.450. The van der Waals surface area contributed by atoms with Gasteiger partial charge in [0, 0.05) is 12.8 Å². The topological polar surface area (TPSA) is 228 Å². The Hall–Kier alpha value is -3.71. The zero-order chi connectivity index (χ0) is 25.1. The minimum atomic E-state index is -1.53. The minimum Gasteiger partial charge on any atom is -0.508 e. The Balaban J connectivity index is 3.06. The van der Waals surface area contributed by atoms with Crippen LogP contribution in [0.25, 0.3) is 0 Å². The van der Waals surface area contributed by atoms with Crippen molar-refractivity contribution in [2.75, 3.05) is 6.61 Å². The van der Waals surface area contributed by atoms with Gasteiger partial charge in [0.2, 0.25) is 17.7 Å². The van der Waals surface area contributed by atoms with Crippen molar-refractivity contribution < 1.29 is 44.4 Å². The third-order valence-electron chi connectivity index (χ3n) is 4.50. The summed E-state index contributed by atoms with van der Waals surface area (Å²) in [7, 11) is 0. The average Bonchev–Trinajstić information content (AvgIpc) is 2.74. The maximum absolute atomic E-state index is 12.8. The summed E-state index contributed by atoms with van der Waals surface area (Å²) in [5.74, 6) is -5.32. The van der Waals surface area contributed by atoms with Crippen LogP contribution in [0, 0.1) is 0 Å². The van der Waals surface area contributed by atoms with Crippen molar-refractivity contribution >= 4 is 29.7 Å². The number of carboxylic acid groups (broad SMARTS) is 2. The Morgan fingerprint density at radius 2 is 1.39 bits per heavy atom. The van der Waals surface area contributed by atoms with Crippen LogP contribution in [0.5, 0.6) is 5.75 Å². The van der Waals surface area contributed by atoms with Gasteiger partial charge >= 0.3 is 11.9 Å². The van der Waals surface area contributed by atoms with Gasteiger partial charge in [0.25, 0.3) is 0 Å². The first-order valence-corrected chi connectivity index (χ1v) is 9.94. The van der Waals surface area contributed by atoms with E-state index in [9.17, 15) is 39.3 Å². The maximum Gasteiger partial charge on any atom is 0.326 e. The lowest BCUT2D eigenvalue weighted by atomic mass is 10.0. The largest absolute Gasteiger partial charge is 0.508 e. The lowest BCUT2D eigenvalue weighted by molar-refractivity contribution is -0.143. The van der Waals surface area contributed by atoms with Crippen molar-refractivity contribution in [2.45, 2.75) is 50.4 Å². The highest BCUT2D eigenvalue weighted by Gasteiger charge is 2.30. The summed E-state index contributed by atoms with van der Waals surface area (Å²) in [6, 6.07) is 0.366. The number of aliphatic hydroxyl groups excluding tert-OH is 1. The third-order valence-corrected chi connectivity index (χ3v) is 4.50. The molecule has 0 saturated heterocycles. The van der Waals surface area contributed by atoms with Crippen molar-refractivity contribution in [2.24, 2.45) is 5.73 Å². The van der Waals surface area contributed by atoms with E-state index in [1.165, 1.54) is 31.2 Å². The molecule has 4 unspecified atom stereocenters. The molecule has 0 aromatic heterocycles. The van der Waals surface area contributed by atoms with Gasteiger partial charge in [-0.1, -0.05) is 12.1 Å². The molecular formula is C20H28N4O9. The van der Waals surface area contributed by atoms with Gasteiger partial charge in [-0.2, -0.15) is 0 Å². The number of hydrogen-bond donors (Lipinski definition) is 8. The number of rotatable bonds is 13. The summed E-state index contributed by atoms with van der Waals surface area (Å²) >= 11 is 0. The molecule has 33 heavy (non-hydrogen) atoms. The molecule has 0 radical (unpaired) electrons.